The Kier molecular flexibility index (Phi) is 3.35. The third-order valence-corrected chi connectivity index (χ3v) is 3.92. The van der Waals surface area contributed by atoms with Gasteiger partial charge < -0.3 is 10.4 Å². The molecule has 2 aromatic heterocycles. The lowest BCUT2D eigenvalue weighted by molar-refractivity contribution is -0.138. The average Bonchev–Trinajstić information content (AvgIpc) is 2.94. The van der Waals surface area contributed by atoms with E-state index in [1.807, 2.05) is 35.7 Å². The second-order valence-corrected chi connectivity index (χ2v) is 5.27. The predicted molar refractivity (Wildman–Crippen MR) is 80.1 cm³/mol. The van der Waals surface area contributed by atoms with E-state index in [9.17, 15) is 9.90 Å². The molecule has 4 nitrogen and oxygen atoms in total. The summed E-state index contributed by atoms with van der Waals surface area (Å²) < 4.78 is 1.08. The summed E-state index contributed by atoms with van der Waals surface area (Å²) in [6, 6.07) is 12.1. The number of fused-ring (bicyclic) bond motifs is 1. The standard InChI is InChI=1S/C15H12N2O2S/c18-15(19)13(10-4-2-1-3-5-10)17-14-11-7-9-20-12(11)6-8-16-14/h1-9,13H,(H,16,17)(H,18,19). The zero-order valence-corrected chi connectivity index (χ0v) is 11.3. The Bertz CT molecular complexity index is 740. The number of thiophene rings is 1. The summed E-state index contributed by atoms with van der Waals surface area (Å²) in [5.74, 6) is -0.328. The lowest BCUT2D eigenvalue weighted by atomic mass is 10.1. The van der Waals surface area contributed by atoms with E-state index in [1.165, 1.54) is 0 Å². The van der Waals surface area contributed by atoms with Crippen molar-refractivity contribution < 1.29 is 9.90 Å². The van der Waals surface area contributed by atoms with Gasteiger partial charge in [0.2, 0.25) is 0 Å². The molecular formula is C15H12N2O2S. The number of carboxylic acid groups (broad SMARTS) is 1. The van der Waals surface area contributed by atoms with Gasteiger partial charge in [-0.1, -0.05) is 30.3 Å². The Hall–Kier alpha value is -2.40. The zero-order valence-electron chi connectivity index (χ0n) is 10.5. The molecule has 1 atom stereocenters. The zero-order chi connectivity index (χ0) is 13.9. The van der Waals surface area contributed by atoms with Crippen LogP contribution in [0.2, 0.25) is 0 Å². The molecule has 100 valence electrons. The summed E-state index contributed by atoms with van der Waals surface area (Å²) in [5.41, 5.74) is 0.703. The summed E-state index contributed by atoms with van der Waals surface area (Å²) >= 11 is 1.61. The van der Waals surface area contributed by atoms with Gasteiger partial charge >= 0.3 is 5.97 Å². The van der Waals surface area contributed by atoms with Crippen LogP contribution in [0.4, 0.5) is 5.82 Å². The van der Waals surface area contributed by atoms with Crippen molar-refractivity contribution in [2.24, 2.45) is 0 Å². The molecule has 0 fully saturated rings. The highest BCUT2D eigenvalue weighted by Crippen LogP contribution is 2.28. The van der Waals surface area contributed by atoms with E-state index in [0.29, 0.717) is 11.4 Å². The third-order valence-electron chi connectivity index (χ3n) is 3.04. The van der Waals surface area contributed by atoms with E-state index in [4.69, 9.17) is 0 Å². The number of carbonyl (C=O) groups is 1. The Morgan fingerprint density at radius 3 is 2.75 bits per heavy atom. The highest BCUT2D eigenvalue weighted by Gasteiger charge is 2.20. The van der Waals surface area contributed by atoms with Crippen molar-refractivity contribution in [3.8, 4) is 0 Å². The third kappa shape index (κ3) is 2.35. The number of anilines is 1. The molecule has 1 unspecified atom stereocenters. The van der Waals surface area contributed by atoms with Crippen LogP contribution < -0.4 is 5.32 Å². The number of carboxylic acids is 1. The van der Waals surface area contributed by atoms with Crippen LogP contribution in [-0.2, 0) is 4.79 Å². The summed E-state index contributed by atoms with van der Waals surface area (Å²) in [7, 11) is 0. The summed E-state index contributed by atoms with van der Waals surface area (Å²) in [5, 5.41) is 15.4. The van der Waals surface area contributed by atoms with Gasteiger partial charge in [0.1, 0.15) is 5.82 Å². The first-order valence-corrected chi connectivity index (χ1v) is 7.00. The Labute approximate surface area is 119 Å². The number of hydrogen-bond donors (Lipinski definition) is 2. The van der Waals surface area contributed by atoms with Crippen molar-refractivity contribution in [3.63, 3.8) is 0 Å². The van der Waals surface area contributed by atoms with E-state index >= 15 is 0 Å². The highest BCUT2D eigenvalue weighted by atomic mass is 32.1. The van der Waals surface area contributed by atoms with Gasteiger partial charge in [-0.05, 0) is 23.1 Å². The summed E-state index contributed by atoms with van der Waals surface area (Å²) in [6.07, 6.45) is 1.69. The number of aromatic nitrogens is 1. The number of hydrogen-bond acceptors (Lipinski definition) is 4. The molecule has 0 aliphatic heterocycles. The van der Waals surface area contributed by atoms with E-state index in [1.54, 1.807) is 29.7 Å². The number of pyridine rings is 1. The fraction of sp³-hybridized carbons (Fsp3) is 0.0667. The smallest absolute Gasteiger partial charge is 0.330 e. The Morgan fingerprint density at radius 1 is 1.20 bits per heavy atom. The fourth-order valence-corrected chi connectivity index (χ4v) is 2.86. The van der Waals surface area contributed by atoms with Crippen LogP contribution >= 0.6 is 11.3 Å². The van der Waals surface area contributed by atoms with Crippen molar-refractivity contribution in [2.45, 2.75) is 6.04 Å². The summed E-state index contributed by atoms with van der Waals surface area (Å²) in [4.78, 5) is 15.8. The first-order valence-electron chi connectivity index (χ1n) is 6.12. The monoisotopic (exact) mass is 284 g/mol. The number of benzene rings is 1. The van der Waals surface area contributed by atoms with E-state index in [0.717, 1.165) is 10.1 Å². The molecule has 3 aromatic rings. The van der Waals surface area contributed by atoms with Crippen molar-refractivity contribution in [3.05, 3.63) is 59.6 Å². The molecule has 5 heteroatoms. The fourth-order valence-electron chi connectivity index (χ4n) is 2.08. The number of rotatable bonds is 4. The molecule has 0 aliphatic carbocycles. The minimum atomic E-state index is -0.926. The van der Waals surface area contributed by atoms with Gasteiger partial charge in [-0.25, -0.2) is 9.78 Å². The van der Waals surface area contributed by atoms with Crippen molar-refractivity contribution in [1.82, 2.24) is 4.98 Å². The SMILES string of the molecule is O=C(O)C(Nc1nccc2sccc12)c1ccccc1. The van der Waals surface area contributed by atoms with Crippen LogP contribution in [0, 0.1) is 0 Å². The number of nitrogens with zero attached hydrogens (tertiary/aromatic N) is 1. The molecule has 0 saturated heterocycles. The van der Waals surface area contributed by atoms with Gasteiger partial charge in [0.15, 0.2) is 6.04 Å². The Morgan fingerprint density at radius 2 is 2.00 bits per heavy atom. The second-order valence-electron chi connectivity index (χ2n) is 4.32. The van der Waals surface area contributed by atoms with Gasteiger partial charge in [-0.3, -0.25) is 0 Å². The maximum atomic E-state index is 11.5. The summed E-state index contributed by atoms with van der Waals surface area (Å²) in [6.45, 7) is 0. The van der Waals surface area contributed by atoms with Crippen LogP contribution in [0.1, 0.15) is 11.6 Å². The van der Waals surface area contributed by atoms with Gasteiger partial charge in [0.05, 0.1) is 0 Å². The average molecular weight is 284 g/mol. The van der Waals surface area contributed by atoms with Crippen LogP contribution in [-0.4, -0.2) is 16.1 Å². The topological polar surface area (TPSA) is 62.2 Å². The van der Waals surface area contributed by atoms with E-state index in [-0.39, 0.29) is 0 Å². The lowest BCUT2D eigenvalue weighted by Crippen LogP contribution is -2.21. The molecule has 0 amide bonds. The minimum absolute atomic E-state index is 0.597. The molecule has 0 aliphatic rings. The van der Waals surface area contributed by atoms with Gasteiger partial charge in [-0.2, -0.15) is 0 Å². The number of aliphatic carboxylic acids is 1. The quantitative estimate of drug-likeness (QED) is 0.769. The molecule has 0 bridgehead atoms. The maximum Gasteiger partial charge on any atom is 0.330 e. The molecule has 3 rings (SSSR count). The molecule has 1 aromatic carbocycles. The highest BCUT2D eigenvalue weighted by molar-refractivity contribution is 7.17. The van der Waals surface area contributed by atoms with Crippen LogP contribution in [0.25, 0.3) is 10.1 Å². The first-order chi connectivity index (χ1) is 9.75. The van der Waals surface area contributed by atoms with Crippen LogP contribution in [0.5, 0.6) is 0 Å². The minimum Gasteiger partial charge on any atom is -0.479 e. The van der Waals surface area contributed by atoms with Crippen LogP contribution in [0.3, 0.4) is 0 Å². The maximum absolute atomic E-state index is 11.5. The van der Waals surface area contributed by atoms with Crippen molar-refractivity contribution in [2.75, 3.05) is 5.32 Å². The largest absolute Gasteiger partial charge is 0.479 e. The predicted octanol–water partition coefficient (Wildman–Crippen LogP) is 3.53. The van der Waals surface area contributed by atoms with Crippen molar-refractivity contribution in [1.29, 1.82) is 0 Å². The molecule has 2 heterocycles. The van der Waals surface area contributed by atoms with E-state index < -0.39 is 12.0 Å². The lowest BCUT2D eigenvalue weighted by Gasteiger charge is -2.16. The van der Waals surface area contributed by atoms with Crippen LogP contribution in [0.15, 0.2) is 54.0 Å². The van der Waals surface area contributed by atoms with Gasteiger partial charge in [0, 0.05) is 16.3 Å². The first kappa shape index (κ1) is 12.6. The van der Waals surface area contributed by atoms with E-state index in [2.05, 4.69) is 10.3 Å². The molecule has 0 spiro atoms. The molecule has 0 saturated carbocycles. The molecule has 0 radical (unpaired) electrons. The van der Waals surface area contributed by atoms with Crippen molar-refractivity contribution >= 4 is 33.2 Å². The molecule has 2 N–H and O–H groups in total. The molecular weight excluding hydrogens is 272 g/mol. The Balaban J connectivity index is 1.99. The van der Waals surface area contributed by atoms with Gasteiger partial charge in [0.25, 0.3) is 0 Å². The van der Waals surface area contributed by atoms with Gasteiger partial charge in [-0.15, -0.1) is 11.3 Å². The number of nitrogens with one attached hydrogen (secondary N) is 1. The second kappa shape index (κ2) is 5.30. The normalized spacial score (nSPS) is 12.2. The molecule has 20 heavy (non-hydrogen) atoms.